The molecule has 4 rings (SSSR count). The molecule has 0 spiro atoms. The normalized spacial score (nSPS) is 52.9. The molecule has 4 aliphatic rings. The van der Waals surface area contributed by atoms with Crippen molar-refractivity contribution < 1.29 is 4.12 Å². The van der Waals surface area contributed by atoms with Crippen LogP contribution in [0.5, 0.6) is 0 Å². The van der Waals surface area contributed by atoms with Crippen molar-refractivity contribution in [3.05, 3.63) is 12.2 Å². The monoisotopic (exact) mass is 278 g/mol. The first-order chi connectivity index (χ1) is 8.62. The first-order valence-electron chi connectivity index (χ1n) is 7.94. The fraction of sp³-hybridized carbons (Fsp3) is 0.867. The van der Waals surface area contributed by atoms with Gasteiger partial charge in [-0.15, -0.1) is 0 Å². The third-order valence-corrected chi connectivity index (χ3v) is 13.3. The van der Waals surface area contributed by atoms with Gasteiger partial charge in [-0.25, -0.2) is 0 Å². The molecule has 0 amide bonds. The van der Waals surface area contributed by atoms with Crippen LogP contribution in [0.15, 0.2) is 12.2 Å². The Kier molecular flexibility index (Phi) is 2.53. The molecule has 7 unspecified atom stereocenters. The highest BCUT2D eigenvalue weighted by Gasteiger charge is 2.63. The molecule has 4 aliphatic carbocycles. The molecule has 0 heterocycles. The van der Waals surface area contributed by atoms with Crippen LogP contribution in [0, 0.1) is 35.5 Å². The summed E-state index contributed by atoms with van der Waals surface area (Å²) in [5.41, 5.74) is 0.990. The Bertz CT molecular complexity index is 392. The number of hydrogen-bond acceptors (Lipinski definition) is 1. The van der Waals surface area contributed by atoms with Gasteiger partial charge in [-0.2, -0.15) is 0 Å². The molecule has 0 aromatic carbocycles. The molecule has 0 radical (unpaired) electrons. The Morgan fingerprint density at radius 1 is 1.06 bits per heavy atom. The second-order valence-electron chi connectivity index (χ2n) is 7.64. The molecule has 0 aromatic rings. The quantitative estimate of drug-likeness (QED) is 0.438. The standard InChI is InChI=1S/C15H26OSi2/c1-17-16-18(2,3)13-8-11-7-12(13)15-10-5-4-9(6-10)14(11)15/h4-5,9-15H,6-8,17H2,1-3H3. The van der Waals surface area contributed by atoms with Crippen LogP contribution in [0.3, 0.4) is 0 Å². The van der Waals surface area contributed by atoms with E-state index in [-0.39, 0.29) is 9.76 Å². The van der Waals surface area contributed by atoms with Crippen LogP contribution in [0.1, 0.15) is 19.3 Å². The second kappa shape index (κ2) is 3.83. The van der Waals surface area contributed by atoms with Gasteiger partial charge >= 0.3 is 0 Å². The average molecular weight is 279 g/mol. The van der Waals surface area contributed by atoms with Gasteiger partial charge in [-0.1, -0.05) is 18.7 Å². The van der Waals surface area contributed by atoms with E-state index in [2.05, 4.69) is 31.8 Å². The van der Waals surface area contributed by atoms with Crippen molar-refractivity contribution in [3.63, 3.8) is 0 Å². The minimum absolute atomic E-state index is 0.222. The van der Waals surface area contributed by atoms with E-state index in [1.54, 1.807) is 6.42 Å². The van der Waals surface area contributed by atoms with Crippen molar-refractivity contribution >= 4 is 18.1 Å². The molecule has 0 aromatic heterocycles. The molecule has 18 heavy (non-hydrogen) atoms. The average Bonchev–Trinajstić information content (AvgIpc) is 3.07. The highest BCUT2D eigenvalue weighted by Crippen LogP contribution is 2.69. The van der Waals surface area contributed by atoms with Gasteiger partial charge in [0.15, 0.2) is 8.32 Å². The lowest BCUT2D eigenvalue weighted by Gasteiger charge is -2.42. The van der Waals surface area contributed by atoms with Crippen molar-refractivity contribution in [1.82, 2.24) is 0 Å². The Labute approximate surface area is 114 Å². The molecule has 3 heteroatoms. The molecule has 7 atom stereocenters. The SMILES string of the molecule is C[SiH2]O[Si](C)(C)C1CC2CC1C1C3C=CC(C3)C21. The topological polar surface area (TPSA) is 9.23 Å². The molecule has 100 valence electrons. The van der Waals surface area contributed by atoms with Crippen molar-refractivity contribution in [1.29, 1.82) is 0 Å². The third kappa shape index (κ3) is 1.41. The lowest BCUT2D eigenvalue weighted by Crippen LogP contribution is -2.44. The predicted octanol–water partition coefficient (Wildman–Crippen LogP) is 3.19. The van der Waals surface area contributed by atoms with E-state index in [4.69, 9.17) is 4.12 Å². The number of allylic oxidation sites excluding steroid dienone is 2. The maximum Gasteiger partial charge on any atom is 0.176 e. The van der Waals surface area contributed by atoms with Gasteiger partial charge in [0, 0.05) is 0 Å². The van der Waals surface area contributed by atoms with Gasteiger partial charge in [0.2, 0.25) is 0 Å². The van der Waals surface area contributed by atoms with Gasteiger partial charge in [-0.3, -0.25) is 0 Å². The summed E-state index contributed by atoms with van der Waals surface area (Å²) in [6.45, 7) is 7.32. The van der Waals surface area contributed by atoms with Crippen LogP contribution < -0.4 is 0 Å². The fourth-order valence-corrected chi connectivity index (χ4v) is 12.4. The number of hydrogen-bond donors (Lipinski definition) is 0. The minimum atomic E-state index is -1.37. The zero-order valence-electron chi connectivity index (χ0n) is 11.9. The van der Waals surface area contributed by atoms with E-state index < -0.39 is 8.32 Å². The Balaban J connectivity index is 1.60. The van der Waals surface area contributed by atoms with Gasteiger partial charge in [0.25, 0.3) is 0 Å². The second-order valence-corrected chi connectivity index (χ2v) is 13.3. The zero-order valence-corrected chi connectivity index (χ0v) is 14.3. The first-order valence-corrected chi connectivity index (χ1v) is 12.9. The number of rotatable bonds is 3. The lowest BCUT2D eigenvalue weighted by atomic mass is 9.73. The molecule has 0 aliphatic heterocycles. The van der Waals surface area contributed by atoms with E-state index in [0.717, 1.165) is 41.0 Å². The molecule has 3 saturated carbocycles. The van der Waals surface area contributed by atoms with Crippen molar-refractivity contribution in [2.75, 3.05) is 0 Å². The maximum absolute atomic E-state index is 6.35. The summed E-state index contributed by atoms with van der Waals surface area (Å²) in [7, 11) is -1.60. The van der Waals surface area contributed by atoms with Gasteiger partial charge in [-0.05, 0) is 73.4 Å². The van der Waals surface area contributed by atoms with E-state index in [0.29, 0.717) is 0 Å². The van der Waals surface area contributed by atoms with E-state index in [9.17, 15) is 0 Å². The molecular weight excluding hydrogens is 252 g/mol. The zero-order chi connectivity index (χ0) is 12.5. The summed E-state index contributed by atoms with van der Waals surface area (Å²) < 4.78 is 6.35. The molecule has 0 saturated heterocycles. The molecular formula is C15H26OSi2. The minimum Gasteiger partial charge on any atom is -0.461 e. The fourth-order valence-electron chi connectivity index (χ4n) is 6.29. The molecule has 1 nitrogen and oxygen atoms in total. The van der Waals surface area contributed by atoms with Crippen LogP contribution in [-0.2, 0) is 4.12 Å². The smallest absolute Gasteiger partial charge is 0.176 e. The molecule has 3 fully saturated rings. The van der Waals surface area contributed by atoms with Crippen molar-refractivity contribution in [2.45, 2.75) is 44.4 Å². The van der Waals surface area contributed by atoms with Crippen LogP contribution in [-0.4, -0.2) is 18.1 Å². The van der Waals surface area contributed by atoms with E-state index in [1.165, 1.54) is 12.8 Å². The highest BCUT2D eigenvalue weighted by atomic mass is 28.4. The largest absolute Gasteiger partial charge is 0.461 e. The Hall–Kier alpha value is 0.134. The van der Waals surface area contributed by atoms with E-state index in [1.807, 2.05) is 0 Å². The Morgan fingerprint density at radius 2 is 1.78 bits per heavy atom. The summed E-state index contributed by atoms with van der Waals surface area (Å²) in [5, 5.41) is 0. The molecule has 4 bridgehead atoms. The summed E-state index contributed by atoms with van der Waals surface area (Å²) >= 11 is 0. The summed E-state index contributed by atoms with van der Waals surface area (Å²) in [4.78, 5) is 0. The Morgan fingerprint density at radius 3 is 2.50 bits per heavy atom. The van der Waals surface area contributed by atoms with Crippen LogP contribution in [0.25, 0.3) is 0 Å². The summed E-state index contributed by atoms with van der Waals surface area (Å²) in [6.07, 6.45) is 9.70. The van der Waals surface area contributed by atoms with Gasteiger partial charge in [0.05, 0.1) is 0 Å². The lowest BCUT2D eigenvalue weighted by molar-refractivity contribution is 0.198. The number of fused-ring (bicyclic) bond motifs is 9. The third-order valence-electron chi connectivity index (χ3n) is 6.68. The summed E-state index contributed by atoms with van der Waals surface area (Å²) in [5.74, 6) is 6.20. The van der Waals surface area contributed by atoms with Crippen molar-refractivity contribution in [2.24, 2.45) is 35.5 Å². The summed E-state index contributed by atoms with van der Waals surface area (Å²) in [6, 6.07) is 0. The van der Waals surface area contributed by atoms with Crippen molar-refractivity contribution in [3.8, 4) is 0 Å². The van der Waals surface area contributed by atoms with Gasteiger partial charge < -0.3 is 4.12 Å². The van der Waals surface area contributed by atoms with Crippen LogP contribution in [0.4, 0.5) is 0 Å². The van der Waals surface area contributed by atoms with Crippen LogP contribution >= 0.6 is 0 Å². The maximum atomic E-state index is 6.35. The van der Waals surface area contributed by atoms with Crippen LogP contribution in [0.2, 0.25) is 25.2 Å². The molecule has 0 N–H and O–H groups in total. The first kappa shape index (κ1) is 11.9. The van der Waals surface area contributed by atoms with Gasteiger partial charge in [0.1, 0.15) is 9.76 Å². The predicted molar refractivity (Wildman–Crippen MR) is 80.7 cm³/mol. The van der Waals surface area contributed by atoms with E-state index >= 15 is 0 Å². The highest BCUT2D eigenvalue weighted by molar-refractivity contribution is 6.76.